The highest BCUT2D eigenvalue weighted by Gasteiger charge is 2.17. The van der Waals surface area contributed by atoms with Crippen molar-refractivity contribution in [3.8, 4) is 11.4 Å². The molecular formula is C25H32N6O2. The summed E-state index contributed by atoms with van der Waals surface area (Å²) in [4.78, 5) is 12.6. The number of unbranched alkanes of at least 4 members (excludes halogenated alkanes) is 1. The SMILES string of the molecule is CCCCc1cn(-c2ccc(NC(=O)Nc3cc(OC4CCCC4)ccc3CN)cc2)nn1. The molecule has 8 nitrogen and oxygen atoms in total. The van der Waals surface area contributed by atoms with E-state index in [0.717, 1.165) is 54.8 Å². The molecular weight excluding hydrogens is 416 g/mol. The summed E-state index contributed by atoms with van der Waals surface area (Å²) < 4.78 is 7.82. The molecule has 1 aliphatic rings. The lowest BCUT2D eigenvalue weighted by Crippen LogP contribution is -2.21. The first-order valence-corrected chi connectivity index (χ1v) is 11.7. The fourth-order valence-corrected chi connectivity index (χ4v) is 4.00. The summed E-state index contributed by atoms with van der Waals surface area (Å²) in [6.45, 7) is 2.48. The minimum Gasteiger partial charge on any atom is -0.490 e. The van der Waals surface area contributed by atoms with Gasteiger partial charge in [0, 0.05) is 18.3 Å². The van der Waals surface area contributed by atoms with Gasteiger partial charge < -0.3 is 21.1 Å². The largest absolute Gasteiger partial charge is 0.490 e. The molecule has 0 radical (unpaired) electrons. The average Bonchev–Trinajstić information content (AvgIpc) is 3.51. The maximum Gasteiger partial charge on any atom is 0.323 e. The Morgan fingerprint density at radius 3 is 2.67 bits per heavy atom. The Bertz CT molecular complexity index is 1060. The van der Waals surface area contributed by atoms with E-state index in [-0.39, 0.29) is 12.1 Å². The summed E-state index contributed by atoms with van der Waals surface area (Å²) in [5, 5.41) is 14.2. The number of nitrogens with two attached hydrogens (primary N) is 1. The molecule has 1 aliphatic carbocycles. The maximum atomic E-state index is 12.6. The van der Waals surface area contributed by atoms with Crippen molar-refractivity contribution in [1.82, 2.24) is 15.0 Å². The van der Waals surface area contributed by atoms with Crippen molar-refractivity contribution in [2.45, 2.75) is 64.5 Å². The lowest BCUT2D eigenvalue weighted by Gasteiger charge is -2.16. The van der Waals surface area contributed by atoms with Crippen molar-refractivity contribution in [3.05, 3.63) is 59.9 Å². The average molecular weight is 449 g/mol. The van der Waals surface area contributed by atoms with Crippen LogP contribution in [-0.4, -0.2) is 27.1 Å². The van der Waals surface area contributed by atoms with Gasteiger partial charge in [0.2, 0.25) is 0 Å². The van der Waals surface area contributed by atoms with Crippen molar-refractivity contribution in [2.75, 3.05) is 10.6 Å². The van der Waals surface area contributed by atoms with E-state index in [1.54, 1.807) is 4.68 Å². The van der Waals surface area contributed by atoms with E-state index in [0.29, 0.717) is 17.9 Å². The predicted molar refractivity (Wildman–Crippen MR) is 130 cm³/mol. The van der Waals surface area contributed by atoms with Gasteiger partial charge >= 0.3 is 6.03 Å². The van der Waals surface area contributed by atoms with Crippen molar-refractivity contribution < 1.29 is 9.53 Å². The number of benzene rings is 2. The first-order chi connectivity index (χ1) is 16.1. The molecule has 0 bridgehead atoms. The number of aromatic nitrogens is 3. The van der Waals surface area contributed by atoms with Crippen LogP contribution in [0.3, 0.4) is 0 Å². The number of rotatable bonds is 9. The lowest BCUT2D eigenvalue weighted by molar-refractivity contribution is 0.210. The zero-order valence-corrected chi connectivity index (χ0v) is 19.1. The van der Waals surface area contributed by atoms with E-state index in [1.165, 1.54) is 12.8 Å². The summed E-state index contributed by atoms with van der Waals surface area (Å²) in [6, 6.07) is 12.8. The van der Waals surface area contributed by atoms with Crippen LogP contribution in [0, 0.1) is 0 Å². The lowest BCUT2D eigenvalue weighted by atomic mass is 10.1. The molecule has 2 amide bonds. The Kier molecular flexibility index (Phi) is 7.57. The fourth-order valence-electron chi connectivity index (χ4n) is 4.00. The predicted octanol–water partition coefficient (Wildman–Crippen LogP) is 5.03. The number of hydrogen-bond donors (Lipinski definition) is 3. The molecule has 3 aromatic rings. The number of nitrogens with one attached hydrogen (secondary N) is 2. The summed E-state index contributed by atoms with van der Waals surface area (Å²) in [5.41, 5.74) is 9.92. The molecule has 0 unspecified atom stereocenters. The van der Waals surface area contributed by atoms with Gasteiger partial charge in [-0.2, -0.15) is 0 Å². The van der Waals surface area contributed by atoms with E-state index in [1.807, 2.05) is 48.7 Å². The van der Waals surface area contributed by atoms with Crippen LogP contribution in [0.2, 0.25) is 0 Å². The van der Waals surface area contributed by atoms with Crippen LogP contribution < -0.4 is 21.1 Å². The number of hydrogen-bond acceptors (Lipinski definition) is 5. The summed E-state index contributed by atoms with van der Waals surface area (Å²) >= 11 is 0. The van der Waals surface area contributed by atoms with Crippen LogP contribution in [0.15, 0.2) is 48.7 Å². The van der Waals surface area contributed by atoms with Gasteiger partial charge in [-0.3, -0.25) is 0 Å². The third-order valence-corrected chi connectivity index (χ3v) is 5.87. The molecule has 174 valence electrons. The molecule has 0 aliphatic heterocycles. The van der Waals surface area contributed by atoms with Crippen LogP contribution in [0.25, 0.3) is 5.69 Å². The molecule has 1 aromatic heterocycles. The molecule has 0 saturated heterocycles. The number of nitrogens with zero attached hydrogens (tertiary/aromatic N) is 3. The van der Waals surface area contributed by atoms with Crippen LogP contribution >= 0.6 is 0 Å². The van der Waals surface area contributed by atoms with Crippen LogP contribution in [0.4, 0.5) is 16.2 Å². The standard InChI is InChI=1S/C25H32N6O2/c1-2-3-6-20-17-31(30-29-20)21-12-10-19(11-13-21)27-25(32)28-24-15-23(14-9-18(24)16-26)33-22-7-4-5-8-22/h9-15,17,22H,2-8,16,26H2,1H3,(H2,27,28,32). The smallest absolute Gasteiger partial charge is 0.323 e. The minimum absolute atomic E-state index is 0.252. The van der Waals surface area contributed by atoms with Crippen LogP contribution in [0.5, 0.6) is 5.75 Å². The third kappa shape index (κ3) is 6.10. The quantitative estimate of drug-likeness (QED) is 0.425. The zero-order valence-electron chi connectivity index (χ0n) is 19.1. The van der Waals surface area contributed by atoms with Crippen LogP contribution in [0.1, 0.15) is 56.7 Å². The van der Waals surface area contributed by atoms with Crippen molar-refractivity contribution >= 4 is 17.4 Å². The Balaban J connectivity index is 1.37. The Morgan fingerprint density at radius 1 is 1.15 bits per heavy atom. The maximum absolute atomic E-state index is 12.6. The number of amides is 2. The van der Waals surface area contributed by atoms with E-state index in [2.05, 4.69) is 27.9 Å². The van der Waals surface area contributed by atoms with Crippen molar-refractivity contribution in [3.63, 3.8) is 0 Å². The number of anilines is 2. The number of ether oxygens (including phenoxy) is 1. The zero-order chi connectivity index (χ0) is 23.0. The summed E-state index contributed by atoms with van der Waals surface area (Å²) in [6.07, 6.45) is 9.90. The van der Waals surface area contributed by atoms with E-state index in [9.17, 15) is 4.79 Å². The monoisotopic (exact) mass is 448 g/mol. The molecule has 33 heavy (non-hydrogen) atoms. The first-order valence-electron chi connectivity index (χ1n) is 11.7. The Hall–Kier alpha value is -3.39. The van der Waals surface area contributed by atoms with E-state index in [4.69, 9.17) is 10.5 Å². The molecule has 4 rings (SSSR count). The summed E-state index contributed by atoms with van der Waals surface area (Å²) in [7, 11) is 0. The van der Waals surface area contributed by atoms with Gasteiger partial charge in [0.25, 0.3) is 0 Å². The molecule has 0 atom stereocenters. The molecule has 2 aromatic carbocycles. The third-order valence-electron chi connectivity index (χ3n) is 5.87. The number of carbonyl (C=O) groups is 1. The molecule has 4 N–H and O–H groups in total. The van der Waals surface area contributed by atoms with E-state index >= 15 is 0 Å². The van der Waals surface area contributed by atoms with Gasteiger partial charge in [-0.25, -0.2) is 9.48 Å². The summed E-state index contributed by atoms with van der Waals surface area (Å²) in [5.74, 6) is 0.755. The Labute approximate surface area is 194 Å². The van der Waals surface area contributed by atoms with Gasteiger partial charge in [0.05, 0.1) is 29.4 Å². The first kappa shape index (κ1) is 22.8. The second-order valence-corrected chi connectivity index (χ2v) is 8.43. The van der Waals surface area contributed by atoms with Crippen LogP contribution in [-0.2, 0) is 13.0 Å². The number of carbonyl (C=O) groups excluding carboxylic acids is 1. The second-order valence-electron chi connectivity index (χ2n) is 8.43. The number of urea groups is 1. The molecule has 1 fully saturated rings. The van der Waals surface area contributed by atoms with Gasteiger partial charge in [0.15, 0.2) is 0 Å². The molecule has 0 spiro atoms. The van der Waals surface area contributed by atoms with Gasteiger partial charge in [-0.05, 0) is 74.4 Å². The van der Waals surface area contributed by atoms with Crippen molar-refractivity contribution in [1.29, 1.82) is 0 Å². The highest BCUT2D eigenvalue weighted by atomic mass is 16.5. The van der Waals surface area contributed by atoms with E-state index < -0.39 is 0 Å². The Morgan fingerprint density at radius 2 is 1.94 bits per heavy atom. The van der Waals surface area contributed by atoms with Gasteiger partial charge in [-0.15, -0.1) is 5.10 Å². The molecule has 1 saturated carbocycles. The second kappa shape index (κ2) is 11.0. The van der Waals surface area contributed by atoms with Gasteiger partial charge in [0.1, 0.15) is 5.75 Å². The highest BCUT2D eigenvalue weighted by Crippen LogP contribution is 2.28. The highest BCUT2D eigenvalue weighted by molar-refractivity contribution is 6.00. The normalized spacial score (nSPS) is 13.8. The minimum atomic E-state index is -0.335. The topological polar surface area (TPSA) is 107 Å². The fraction of sp³-hybridized carbons (Fsp3) is 0.400. The number of aryl methyl sites for hydroxylation is 1. The van der Waals surface area contributed by atoms with Crippen molar-refractivity contribution in [2.24, 2.45) is 5.73 Å². The molecule has 8 heteroatoms. The van der Waals surface area contributed by atoms with Gasteiger partial charge in [-0.1, -0.05) is 24.6 Å². The molecule has 1 heterocycles.